The molecule has 0 aromatic rings. The van der Waals surface area contributed by atoms with Crippen molar-refractivity contribution in [2.45, 2.75) is 90.4 Å². The molecule has 5 atom stereocenters. The van der Waals surface area contributed by atoms with Crippen LogP contribution in [0.2, 0.25) is 0 Å². The molecule has 0 spiro atoms. The Balaban J connectivity index is 1.82. The maximum Gasteiger partial charge on any atom is 0.303 e. The van der Waals surface area contributed by atoms with Crippen LogP contribution in [0.1, 0.15) is 72.1 Å². The summed E-state index contributed by atoms with van der Waals surface area (Å²) in [4.78, 5) is 10.6. The van der Waals surface area contributed by atoms with E-state index < -0.39 is 12.1 Å². The van der Waals surface area contributed by atoms with Crippen LogP contribution in [0.5, 0.6) is 0 Å². The molecule has 0 aliphatic carbocycles. The van der Waals surface area contributed by atoms with E-state index in [1.54, 1.807) is 0 Å². The Hall–Kier alpha value is -0.520. The van der Waals surface area contributed by atoms with Gasteiger partial charge in [-0.25, -0.2) is 0 Å². The highest BCUT2D eigenvalue weighted by atomic mass is 32.2. The molecule has 2 saturated heterocycles. The van der Waals surface area contributed by atoms with E-state index in [-0.39, 0.29) is 11.8 Å². The molecule has 156 valence electrons. The van der Waals surface area contributed by atoms with Crippen LogP contribution >= 0.6 is 11.8 Å². The van der Waals surface area contributed by atoms with E-state index in [1.165, 1.54) is 0 Å². The van der Waals surface area contributed by atoms with Crippen LogP contribution in [0.15, 0.2) is 12.2 Å². The molecule has 2 rings (SSSR count). The topological polar surface area (TPSA) is 66.8 Å². The Bertz CT molecular complexity index is 491. The summed E-state index contributed by atoms with van der Waals surface area (Å²) in [5.41, 5.74) is -0.0840. The first-order valence-corrected chi connectivity index (χ1v) is 11.8. The average Bonchev–Trinajstić information content (AvgIpc) is 3.22. The van der Waals surface area contributed by atoms with Crippen molar-refractivity contribution in [3.05, 3.63) is 12.2 Å². The van der Waals surface area contributed by atoms with Crippen molar-refractivity contribution in [3.8, 4) is 0 Å². The zero-order chi connectivity index (χ0) is 19.9. The number of carbonyl (C=O) groups is 1. The minimum Gasteiger partial charge on any atom is -0.481 e. The second-order valence-electron chi connectivity index (χ2n) is 8.88. The highest BCUT2D eigenvalue weighted by Gasteiger charge is 2.47. The highest BCUT2D eigenvalue weighted by Crippen LogP contribution is 2.45. The number of ether oxygens (including phenoxy) is 1. The lowest BCUT2D eigenvalue weighted by molar-refractivity contribution is -0.137. The third-order valence-electron chi connectivity index (χ3n) is 6.22. The number of carboxylic acids is 1. The van der Waals surface area contributed by atoms with Crippen molar-refractivity contribution in [1.29, 1.82) is 0 Å². The Morgan fingerprint density at radius 3 is 2.70 bits per heavy atom. The predicted molar refractivity (Wildman–Crippen MR) is 112 cm³/mol. The summed E-state index contributed by atoms with van der Waals surface area (Å²) in [6.45, 7) is 6.49. The van der Waals surface area contributed by atoms with E-state index in [2.05, 4.69) is 26.8 Å². The second-order valence-corrected chi connectivity index (χ2v) is 10.0. The van der Waals surface area contributed by atoms with Gasteiger partial charge in [0.15, 0.2) is 0 Å². The van der Waals surface area contributed by atoms with Crippen LogP contribution in [0.3, 0.4) is 0 Å². The SMILES string of the molecule is CCCCC(C)(C)C(O)C=C[C@H]1[C@@H](CSCCCCC(=O)O)[C@H]2CC[C@@H]1O2. The zero-order valence-electron chi connectivity index (χ0n) is 17.2. The summed E-state index contributed by atoms with van der Waals surface area (Å²) >= 11 is 1.93. The van der Waals surface area contributed by atoms with Crippen molar-refractivity contribution in [1.82, 2.24) is 0 Å². The molecule has 2 aliphatic heterocycles. The molecule has 2 bridgehead atoms. The summed E-state index contributed by atoms with van der Waals surface area (Å²) in [5, 5.41) is 19.4. The van der Waals surface area contributed by atoms with Gasteiger partial charge in [-0.2, -0.15) is 11.8 Å². The van der Waals surface area contributed by atoms with Crippen molar-refractivity contribution >= 4 is 17.7 Å². The summed E-state index contributed by atoms with van der Waals surface area (Å²) < 4.78 is 6.17. The number of unbranched alkanes of at least 4 members (excludes halogenated alkanes) is 2. The van der Waals surface area contributed by atoms with Gasteiger partial charge in [-0.15, -0.1) is 0 Å². The molecular formula is C22H38O4S. The van der Waals surface area contributed by atoms with Gasteiger partial charge in [-0.1, -0.05) is 45.8 Å². The van der Waals surface area contributed by atoms with Crippen LogP contribution in [-0.4, -0.2) is 46.0 Å². The smallest absolute Gasteiger partial charge is 0.303 e. The van der Waals surface area contributed by atoms with Gasteiger partial charge in [0.25, 0.3) is 0 Å². The molecule has 2 aliphatic rings. The number of aliphatic hydroxyl groups is 1. The van der Waals surface area contributed by atoms with E-state index in [4.69, 9.17) is 9.84 Å². The summed E-state index contributed by atoms with van der Waals surface area (Å²) in [6.07, 6.45) is 12.2. The maximum absolute atomic E-state index is 10.7. The number of rotatable bonds is 13. The third-order valence-corrected chi connectivity index (χ3v) is 7.42. The molecule has 0 saturated carbocycles. The molecule has 4 nitrogen and oxygen atoms in total. The van der Waals surface area contributed by atoms with E-state index in [0.29, 0.717) is 24.0 Å². The molecular weight excluding hydrogens is 360 g/mol. The molecule has 2 N–H and O–H groups in total. The molecule has 2 fully saturated rings. The van der Waals surface area contributed by atoms with E-state index >= 15 is 0 Å². The summed E-state index contributed by atoms with van der Waals surface area (Å²) in [5.74, 6) is 2.32. The van der Waals surface area contributed by atoms with E-state index in [9.17, 15) is 9.90 Å². The van der Waals surface area contributed by atoms with Crippen LogP contribution in [0, 0.1) is 17.3 Å². The van der Waals surface area contributed by atoms with Gasteiger partial charge < -0.3 is 14.9 Å². The molecule has 0 aromatic carbocycles. The Morgan fingerprint density at radius 2 is 2.00 bits per heavy atom. The monoisotopic (exact) mass is 398 g/mol. The van der Waals surface area contributed by atoms with Crippen molar-refractivity contribution in [2.75, 3.05) is 11.5 Å². The van der Waals surface area contributed by atoms with Gasteiger partial charge in [-0.3, -0.25) is 4.79 Å². The lowest BCUT2D eigenvalue weighted by Gasteiger charge is -2.30. The standard InChI is InChI=1S/C22H38O4S/c1-4-5-13-22(2,3)20(23)12-9-16-17(19-11-10-18(16)26-19)15-27-14-7-6-8-21(24)25/h9,12,16-20,23H,4-8,10-11,13-15H2,1-3H3,(H,24,25)/t16-,17+,18-,19+,20?/m0/s1. The molecule has 5 heteroatoms. The second kappa shape index (κ2) is 10.9. The third kappa shape index (κ3) is 6.79. The Labute approximate surface area is 169 Å². The summed E-state index contributed by atoms with van der Waals surface area (Å²) in [6, 6.07) is 0. The van der Waals surface area contributed by atoms with Crippen LogP contribution in [0.25, 0.3) is 0 Å². The van der Waals surface area contributed by atoms with Gasteiger partial charge in [0, 0.05) is 18.3 Å². The number of aliphatic carboxylic acids is 1. The van der Waals surface area contributed by atoms with Gasteiger partial charge in [0.2, 0.25) is 0 Å². The van der Waals surface area contributed by atoms with Gasteiger partial charge in [-0.05, 0) is 49.0 Å². The fourth-order valence-electron chi connectivity index (χ4n) is 4.27. The largest absolute Gasteiger partial charge is 0.481 e. The molecule has 27 heavy (non-hydrogen) atoms. The number of thioether (sulfide) groups is 1. The minimum absolute atomic E-state index is 0.0840. The highest BCUT2D eigenvalue weighted by molar-refractivity contribution is 7.99. The van der Waals surface area contributed by atoms with Crippen LogP contribution < -0.4 is 0 Å². The first-order chi connectivity index (χ1) is 12.8. The molecule has 0 amide bonds. The van der Waals surface area contributed by atoms with Gasteiger partial charge >= 0.3 is 5.97 Å². The minimum atomic E-state index is -0.702. The quantitative estimate of drug-likeness (QED) is 0.341. The lowest BCUT2D eigenvalue weighted by atomic mass is 9.78. The van der Waals surface area contributed by atoms with E-state index in [1.807, 2.05) is 17.8 Å². The molecule has 0 aromatic heterocycles. The number of carboxylic acid groups (broad SMARTS) is 1. The van der Waals surface area contributed by atoms with Crippen LogP contribution in [0.4, 0.5) is 0 Å². The molecule has 1 unspecified atom stereocenters. The predicted octanol–water partition coefficient (Wildman–Crippen LogP) is 4.90. The normalized spacial score (nSPS) is 28.9. The Kier molecular flexibility index (Phi) is 9.17. The molecule has 0 radical (unpaired) electrons. The molecule has 2 heterocycles. The number of aliphatic hydroxyl groups excluding tert-OH is 1. The number of hydrogen-bond donors (Lipinski definition) is 2. The number of fused-ring (bicyclic) bond motifs is 2. The van der Waals surface area contributed by atoms with Gasteiger partial charge in [0.05, 0.1) is 18.3 Å². The fourth-order valence-corrected chi connectivity index (χ4v) is 5.55. The number of hydrogen-bond acceptors (Lipinski definition) is 4. The van der Waals surface area contributed by atoms with E-state index in [0.717, 1.165) is 56.5 Å². The van der Waals surface area contributed by atoms with Crippen LogP contribution in [-0.2, 0) is 9.53 Å². The first kappa shape index (κ1) is 22.8. The summed E-state index contributed by atoms with van der Waals surface area (Å²) in [7, 11) is 0. The van der Waals surface area contributed by atoms with Crippen molar-refractivity contribution in [3.63, 3.8) is 0 Å². The van der Waals surface area contributed by atoms with Crippen molar-refractivity contribution in [2.24, 2.45) is 17.3 Å². The zero-order valence-corrected chi connectivity index (χ0v) is 18.0. The lowest BCUT2D eigenvalue weighted by Crippen LogP contribution is -2.30. The first-order valence-electron chi connectivity index (χ1n) is 10.7. The van der Waals surface area contributed by atoms with Crippen molar-refractivity contribution < 1.29 is 19.7 Å². The average molecular weight is 399 g/mol. The Morgan fingerprint density at radius 1 is 1.26 bits per heavy atom. The fraction of sp³-hybridized carbons (Fsp3) is 0.864. The maximum atomic E-state index is 10.7. The van der Waals surface area contributed by atoms with Gasteiger partial charge in [0.1, 0.15) is 0 Å².